The van der Waals surface area contributed by atoms with E-state index in [-0.39, 0.29) is 0 Å². The summed E-state index contributed by atoms with van der Waals surface area (Å²) in [6.07, 6.45) is 3.66. The lowest BCUT2D eigenvalue weighted by molar-refractivity contribution is 0.100. The number of amides is 1. The molecule has 17 heavy (non-hydrogen) atoms. The van der Waals surface area contributed by atoms with Gasteiger partial charge in [-0.1, -0.05) is 6.92 Å². The van der Waals surface area contributed by atoms with Gasteiger partial charge in [-0.25, -0.2) is 14.6 Å². The molecule has 0 atom stereocenters. The third kappa shape index (κ3) is 2.50. The van der Waals surface area contributed by atoms with E-state index >= 15 is 0 Å². The fraction of sp³-hybridized carbons (Fsp3) is 0.200. The minimum absolute atomic E-state index is 0.345. The second kappa shape index (κ2) is 4.62. The van der Waals surface area contributed by atoms with Gasteiger partial charge in [0.2, 0.25) is 0 Å². The maximum Gasteiger partial charge on any atom is 0.251 e. The van der Waals surface area contributed by atoms with Gasteiger partial charge in [-0.05, 0) is 15.9 Å². The van der Waals surface area contributed by atoms with Gasteiger partial charge in [0.05, 0.1) is 11.8 Å². The Morgan fingerprint density at radius 3 is 2.88 bits per heavy atom. The van der Waals surface area contributed by atoms with Crippen LogP contribution in [0.25, 0.3) is 5.82 Å². The second-order valence-corrected chi connectivity index (χ2v) is 4.17. The molecule has 0 radical (unpaired) electrons. The van der Waals surface area contributed by atoms with Crippen LogP contribution in [0.15, 0.2) is 23.1 Å². The lowest BCUT2D eigenvalue weighted by Gasteiger charge is -2.03. The monoisotopic (exact) mass is 295 g/mol. The van der Waals surface area contributed by atoms with Crippen LogP contribution in [0, 0.1) is 0 Å². The van der Waals surface area contributed by atoms with Crippen LogP contribution in [0.1, 0.15) is 23.1 Å². The van der Waals surface area contributed by atoms with Gasteiger partial charge in [0, 0.05) is 18.7 Å². The number of nitrogens with zero attached hydrogens (tertiary/aromatic N) is 4. The topological polar surface area (TPSA) is 86.7 Å². The smallest absolute Gasteiger partial charge is 0.251 e. The normalized spacial score (nSPS) is 10.5. The molecule has 0 saturated carbocycles. The van der Waals surface area contributed by atoms with Gasteiger partial charge in [0.15, 0.2) is 5.82 Å². The largest absolute Gasteiger partial charge is 0.366 e. The molecule has 0 aliphatic rings. The number of rotatable bonds is 3. The molecular formula is C10H10BrN5O. The van der Waals surface area contributed by atoms with Crippen LogP contribution in [-0.4, -0.2) is 25.7 Å². The maximum atomic E-state index is 11.0. The Morgan fingerprint density at radius 2 is 2.29 bits per heavy atom. The van der Waals surface area contributed by atoms with Crippen LogP contribution in [0.4, 0.5) is 0 Å². The summed E-state index contributed by atoms with van der Waals surface area (Å²) < 4.78 is 2.17. The average molecular weight is 296 g/mol. The van der Waals surface area contributed by atoms with Crippen molar-refractivity contribution in [2.24, 2.45) is 5.73 Å². The van der Waals surface area contributed by atoms with Crippen molar-refractivity contribution in [2.75, 3.05) is 0 Å². The molecule has 0 saturated heterocycles. The first-order valence-electron chi connectivity index (χ1n) is 4.98. The number of halogens is 1. The van der Waals surface area contributed by atoms with Crippen molar-refractivity contribution in [3.8, 4) is 5.82 Å². The lowest BCUT2D eigenvalue weighted by atomic mass is 10.3. The summed E-state index contributed by atoms with van der Waals surface area (Å²) in [5, 5.41) is 4.03. The van der Waals surface area contributed by atoms with Crippen LogP contribution in [-0.2, 0) is 6.42 Å². The summed E-state index contributed by atoms with van der Waals surface area (Å²) in [5.74, 6) is 0.779. The molecule has 88 valence electrons. The number of aryl methyl sites for hydroxylation is 1. The molecule has 0 aromatic carbocycles. The maximum absolute atomic E-state index is 11.0. The molecule has 1 amide bonds. The third-order valence-corrected chi connectivity index (χ3v) is 2.55. The van der Waals surface area contributed by atoms with Gasteiger partial charge >= 0.3 is 0 Å². The molecule has 0 spiro atoms. The van der Waals surface area contributed by atoms with Crippen molar-refractivity contribution >= 4 is 21.8 Å². The molecule has 2 aromatic rings. The zero-order valence-electron chi connectivity index (χ0n) is 9.09. The Hall–Kier alpha value is -1.76. The molecule has 2 rings (SSSR count). The molecule has 2 N–H and O–H groups in total. The average Bonchev–Trinajstić information content (AvgIpc) is 2.77. The number of primary amides is 1. The Morgan fingerprint density at radius 1 is 1.53 bits per heavy atom. The zero-order valence-corrected chi connectivity index (χ0v) is 10.7. The molecule has 0 aliphatic carbocycles. The number of nitrogens with two attached hydrogens (primary N) is 1. The summed E-state index contributed by atoms with van der Waals surface area (Å²) in [6.45, 7) is 1.96. The second-order valence-electron chi connectivity index (χ2n) is 3.36. The molecular weight excluding hydrogens is 286 g/mol. The fourth-order valence-corrected chi connectivity index (χ4v) is 1.71. The van der Waals surface area contributed by atoms with Crippen molar-refractivity contribution in [3.05, 3.63) is 34.5 Å². The quantitative estimate of drug-likeness (QED) is 0.859. The van der Waals surface area contributed by atoms with E-state index in [0.29, 0.717) is 21.8 Å². The first-order valence-corrected chi connectivity index (χ1v) is 5.77. The van der Waals surface area contributed by atoms with Crippen molar-refractivity contribution in [1.29, 1.82) is 0 Å². The van der Waals surface area contributed by atoms with E-state index in [4.69, 9.17) is 5.73 Å². The lowest BCUT2D eigenvalue weighted by Crippen LogP contribution is -2.09. The van der Waals surface area contributed by atoms with E-state index in [0.717, 1.165) is 6.42 Å². The van der Waals surface area contributed by atoms with E-state index in [1.807, 2.05) is 6.92 Å². The Kier molecular flexibility index (Phi) is 3.19. The van der Waals surface area contributed by atoms with Crippen LogP contribution < -0.4 is 5.73 Å². The van der Waals surface area contributed by atoms with E-state index in [1.165, 1.54) is 17.1 Å². The molecule has 0 aliphatic heterocycles. The van der Waals surface area contributed by atoms with Crippen LogP contribution >= 0.6 is 15.9 Å². The Balaban J connectivity index is 2.44. The first kappa shape index (κ1) is 11.7. The van der Waals surface area contributed by atoms with Crippen molar-refractivity contribution in [2.45, 2.75) is 13.3 Å². The number of carbonyl (C=O) groups excluding carboxylic acids is 1. The minimum atomic E-state index is -0.514. The summed E-state index contributed by atoms with van der Waals surface area (Å²) in [6, 6.07) is 1.72. The predicted octanol–water partition coefficient (Wildman–Crippen LogP) is 1.09. The van der Waals surface area contributed by atoms with Crippen molar-refractivity contribution < 1.29 is 4.79 Å². The minimum Gasteiger partial charge on any atom is -0.366 e. The van der Waals surface area contributed by atoms with Crippen molar-refractivity contribution in [3.63, 3.8) is 0 Å². The fourth-order valence-electron chi connectivity index (χ4n) is 1.30. The zero-order chi connectivity index (χ0) is 12.4. The highest BCUT2D eigenvalue weighted by atomic mass is 79.9. The highest BCUT2D eigenvalue weighted by Gasteiger charge is 2.08. The third-order valence-electron chi connectivity index (χ3n) is 2.15. The van der Waals surface area contributed by atoms with Gasteiger partial charge < -0.3 is 5.73 Å². The Bertz CT molecular complexity index is 566. The van der Waals surface area contributed by atoms with E-state index in [9.17, 15) is 4.79 Å². The van der Waals surface area contributed by atoms with Crippen LogP contribution in [0.2, 0.25) is 0 Å². The molecule has 0 unspecified atom stereocenters. The van der Waals surface area contributed by atoms with Crippen molar-refractivity contribution in [1.82, 2.24) is 19.7 Å². The predicted molar refractivity (Wildman–Crippen MR) is 64.7 cm³/mol. The number of hydrogen-bond donors (Lipinski definition) is 1. The van der Waals surface area contributed by atoms with E-state index in [1.54, 1.807) is 6.07 Å². The van der Waals surface area contributed by atoms with Gasteiger partial charge in [-0.2, -0.15) is 5.10 Å². The SMILES string of the molecule is CCc1nc(Br)cc(-n2cc(C(N)=O)cn2)n1. The standard InChI is InChI=1S/C10H10BrN5O/c1-2-8-14-7(11)3-9(15-8)16-5-6(4-13-16)10(12)17/h3-5H,2H2,1H3,(H2,12,17). The number of carbonyl (C=O) groups is 1. The Labute approximate surface area is 106 Å². The van der Waals surface area contributed by atoms with Gasteiger partial charge in [-0.3, -0.25) is 4.79 Å². The molecule has 6 nitrogen and oxygen atoms in total. The van der Waals surface area contributed by atoms with Crippen LogP contribution in [0.3, 0.4) is 0 Å². The molecule has 0 bridgehead atoms. The molecule has 2 aromatic heterocycles. The van der Waals surface area contributed by atoms with Gasteiger partial charge in [0.1, 0.15) is 10.4 Å². The molecule has 2 heterocycles. The summed E-state index contributed by atoms with van der Waals surface area (Å²) in [7, 11) is 0. The highest BCUT2D eigenvalue weighted by Crippen LogP contribution is 2.12. The van der Waals surface area contributed by atoms with E-state index in [2.05, 4.69) is 31.0 Å². The summed E-state index contributed by atoms with van der Waals surface area (Å²) in [4.78, 5) is 19.5. The highest BCUT2D eigenvalue weighted by molar-refractivity contribution is 9.10. The molecule has 7 heteroatoms. The van der Waals surface area contributed by atoms with Gasteiger partial charge in [0.25, 0.3) is 5.91 Å². The van der Waals surface area contributed by atoms with Crippen LogP contribution in [0.5, 0.6) is 0 Å². The summed E-state index contributed by atoms with van der Waals surface area (Å²) in [5.41, 5.74) is 5.50. The summed E-state index contributed by atoms with van der Waals surface area (Å²) >= 11 is 3.30. The number of aromatic nitrogens is 4. The van der Waals surface area contributed by atoms with Gasteiger partial charge in [-0.15, -0.1) is 0 Å². The number of hydrogen-bond acceptors (Lipinski definition) is 4. The van der Waals surface area contributed by atoms with E-state index < -0.39 is 5.91 Å². The first-order chi connectivity index (χ1) is 8.10. The molecule has 0 fully saturated rings.